The quantitative estimate of drug-likeness (QED) is 0.798. The third-order valence-electron chi connectivity index (χ3n) is 5.21. The number of amides is 1. The predicted molar refractivity (Wildman–Crippen MR) is 75.2 cm³/mol. The molecular weight excluding hydrogens is 260 g/mol. The zero-order chi connectivity index (χ0) is 12.9. The van der Waals surface area contributed by atoms with Crippen LogP contribution in [0.3, 0.4) is 0 Å². The van der Waals surface area contributed by atoms with E-state index in [0.29, 0.717) is 19.3 Å². The summed E-state index contributed by atoms with van der Waals surface area (Å²) in [7, 11) is 0. The summed E-state index contributed by atoms with van der Waals surface area (Å²) in [4.78, 5) is 17.1. The molecule has 3 atom stereocenters. The first-order chi connectivity index (χ1) is 9.25. The van der Waals surface area contributed by atoms with Gasteiger partial charge in [-0.15, -0.1) is 0 Å². The van der Waals surface area contributed by atoms with E-state index >= 15 is 0 Å². The molecule has 2 saturated carbocycles. The number of rotatable bonds is 1. The van der Waals surface area contributed by atoms with E-state index in [1.54, 1.807) is 11.8 Å². The lowest BCUT2D eigenvalue weighted by molar-refractivity contribution is -0.123. The van der Waals surface area contributed by atoms with E-state index in [1.165, 1.54) is 25.7 Å². The van der Waals surface area contributed by atoms with Gasteiger partial charge in [0.1, 0.15) is 4.75 Å². The van der Waals surface area contributed by atoms with Gasteiger partial charge >= 0.3 is 0 Å². The van der Waals surface area contributed by atoms with E-state index in [1.807, 2.05) is 0 Å². The second kappa shape index (κ2) is 4.48. The number of nitrogens with one attached hydrogen (secondary N) is 1. The lowest BCUT2D eigenvalue weighted by Gasteiger charge is -2.28. The van der Waals surface area contributed by atoms with Crippen molar-refractivity contribution in [2.24, 2.45) is 16.8 Å². The Morgan fingerprint density at radius 1 is 1.26 bits per heavy atom. The van der Waals surface area contributed by atoms with Gasteiger partial charge in [0.25, 0.3) is 0 Å². The number of fused-ring (bicyclic) bond motifs is 2. The van der Waals surface area contributed by atoms with Crippen LogP contribution < -0.4 is 5.32 Å². The number of ether oxygens (including phenoxy) is 1. The predicted octanol–water partition coefficient (Wildman–Crippen LogP) is 1.94. The lowest BCUT2D eigenvalue weighted by atomic mass is 9.96. The number of nitrogens with zero attached hydrogens (tertiary/aromatic N) is 1. The van der Waals surface area contributed by atoms with Gasteiger partial charge in [-0.25, -0.2) is 0 Å². The number of hydrogen-bond acceptors (Lipinski definition) is 4. The molecule has 1 N–H and O–H groups in total. The molecule has 0 aromatic heterocycles. The summed E-state index contributed by atoms with van der Waals surface area (Å²) in [5.74, 6) is 1.84. The molecule has 4 fully saturated rings. The maximum Gasteiger partial charge on any atom is 0.242 e. The van der Waals surface area contributed by atoms with Crippen molar-refractivity contribution in [1.82, 2.24) is 5.32 Å². The fourth-order valence-electron chi connectivity index (χ4n) is 4.08. The van der Waals surface area contributed by atoms with Crippen LogP contribution in [-0.4, -0.2) is 35.1 Å². The Morgan fingerprint density at radius 2 is 2.11 bits per heavy atom. The van der Waals surface area contributed by atoms with Crippen LogP contribution >= 0.6 is 11.8 Å². The standard InChI is InChI=1S/C14H20N2O2S/c17-12-14(3-5-18-6-4-14)19-13(16-12)15-11-8-9-1-2-10(11)7-9/h9-11H,1-8H2,(H,15,16,17)/t9-,10+,11?/m0/s1. The SMILES string of the molecule is O=C1NC(=NC2C[C@H]3CC[C@@H]2C3)SC12CCOCC2. The first-order valence-corrected chi connectivity index (χ1v) is 8.23. The summed E-state index contributed by atoms with van der Waals surface area (Å²) < 4.78 is 5.10. The van der Waals surface area contributed by atoms with Crippen molar-refractivity contribution < 1.29 is 9.53 Å². The van der Waals surface area contributed by atoms with Gasteiger partial charge in [-0.2, -0.15) is 0 Å². The molecule has 4 aliphatic rings. The van der Waals surface area contributed by atoms with Gasteiger partial charge in [0, 0.05) is 13.2 Å². The summed E-state index contributed by atoms with van der Waals surface area (Å²) in [5, 5.41) is 3.90. The maximum absolute atomic E-state index is 12.2. The zero-order valence-electron chi connectivity index (χ0n) is 11.1. The van der Waals surface area contributed by atoms with Crippen molar-refractivity contribution in [3.8, 4) is 0 Å². The van der Waals surface area contributed by atoms with E-state index in [-0.39, 0.29) is 10.7 Å². The fourth-order valence-corrected chi connectivity index (χ4v) is 5.29. The van der Waals surface area contributed by atoms with Crippen LogP contribution in [0.5, 0.6) is 0 Å². The highest BCUT2D eigenvalue weighted by molar-refractivity contribution is 8.16. The maximum atomic E-state index is 12.2. The van der Waals surface area contributed by atoms with Crippen molar-refractivity contribution in [3.63, 3.8) is 0 Å². The largest absolute Gasteiger partial charge is 0.381 e. The molecule has 4 nitrogen and oxygen atoms in total. The van der Waals surface area contributed by atoms with Crippen LogP contribution in [0, 0.1) is 11.8 Å². The molecule has 0 aromatic carbocycles. The Kier molecular flexibility index (Phi) is 2.88. The second-order valence-electron chi connectivity index (χ2n) is 6.34. The van der Waals surface area contributed by atoms with Crippen LogP contribution in [-0.2, 0) is 9.53 Å². The number of hydrogen-bond donors (Lipinski definition) is 1. The molecule has 19 heavy (non-hydrogen) atoms. The second-order valence-corrected chi connectivity index (χ2v) is 7.71. The molecule has 2 aliphatic heterocycles. The highest BCUT2D eigenvalue weighted by Crippen LogP contribution is 2.47. The van der Waals surface area contributed by atoms with Crippen molar-refractivity contribution in [2.45, 2.75) is 49.3 Å². The third kappa shape index (κ3) is 2.02. The van der Waals surface area contributed by atoms with E-state index in [9.17, 15) is 4.79 Å². The molecule has 1 unspecified atom stereocenters. The molecule has 2 aliphatic carbocycles. The average molecular weight is 280 g/mol. The van der Waals surface area contributed by atoms with Crippen LogP contribution in [0.1, 0.15) is 38.5 Å². The van der Waals surface area contributed by atoms with E-state index < -0.39 is 0 Å². The molecule has 2 bridgehead atoms. The molecule has 2 heterocycles. The molecular formula is C14H20N2O2S. The minimum Gasteiger partial charge on any atom is -0.381 e. The minimum absolute atomic E-state index is 0.155. The zero-order valence-corrected chi connectivity index (χ0v) is 11.9. The molecule has 0 aromatic rings. The first kappa shape index (κ1) is 12.2. The molecule has 4 rings (SSSR count). The lowest BCUT2D eigenvalue weighted by Crippen LogP contribution is -2.41. The Labute approximate surface area is 117 Å². The smallest absolute Gasteiger partial charge is 0.242 e. The average Bonchev–Trinajstić information content (AvgIpc) is 3.08. The van der Waals surface area contributed by atoms with Crippen LogP contribution in [0.15, 0.2) is 4.99 Å². The first-order valence-electron chi connectivity index (χ1n) is 7.41. The summed E-state index contributed by atoms with van der Waals surface area (Å²) in [6.45, 7) is 1.39. The molecule has 2 saturated heterocycles. The number of carbonyl (C=O) groups excluding carboxylic acids is 1. The Morgan fingerprint density at radius 3 is 2.79 bits per heavy atom. The van der Waals surface area contributed by atoms with Crippen molar-refractivity contribution in [1.29, 1.82) is 0 Å². The summed E-state index contributed by atoms with van der Waals surface area (Å²) in [5.41, 5.74) is 0. The Bertz CT molecular complexity index is 431. The normalized spacial score (nSPS) is 42.2. The van der Waals surface area contributed by atoms with E-state index in [4.69, 9.17) is 9.73 Å². The van der Waals surface area contributed by atoms with Gasteiger partial charge in [-0.05, 0) is 43.9 Å². The highest BCUT2D eigenvalue weighted by Gasteiger charge is 2.48. The number of aliphatic imine (C=N–C) groups is 1. The van der Waals surface area contributed by atoms with Gasteiger partial charge in [0.2, 0.25) is 5.91 Å². The molecule has 1 amide bonds. The van der Waals surface area contributed by atoms with E-state index in [2.05, 4.69) is 5.32 Å². The number of carbonyl (C=O) groups is 1. The van der Waals surface area contributed by atoms with E-state index in [0.717, 1.165) is 29.8 Å². The van der Waals surface area contributed by atoms with Gasteiger partial charge in [0.15, 0.2) is 5.17 Å². The number of amidine groups is 1. The highest BCUT2D eigenvalue weighted by atomic mass is 32.2. The monoisotopic (exact) mass is 280 g/mol. The van der Waals surface area contributed by atoms with Gasteiger partial charge in [-0.3, -0.25) is 9.79 Å². The third-order valence-corrected chi connectivity index (χ3v) is 6.60. The summed E-state index contributed by atoms with van der Waals surface area (Å²) >= 11 is 1.67. The Balaban J connectivity index is 1.50. The fraction of sp³-hybridized carbons (Fsp3) is 0.857. The Hall–Kier alpha value is -0.550. The van der Waals surface area contributed by atoms with Crippen LogP contribution in [0.25, 0.3) is 0 Å². The van der Waals surface area contributed by atoms with Crippen LogP contribution in [0.4, 0.5) is 0 Å². The van der Waals surface area contributed by atoms with Crippen molar-refractivity contribution >= 4 is 22.8 Å². The van der Waals surface area contributed by atoms with Crippen molar-refractivity contribution in [2.75, 3.05) is 13.2 Å². The molecule has 5 heteroatoms. The molecule has 1 spiro atoms. The molecule has 104 valence electrons. The number of thioether (sulfide) groups is 1. The summed E-state index contributed by atoms with van der Waals surface area (Å²) in [6, 6.07) is 0.469. The van der Waals surface area contributed by atoms with Gasteiger partial charge in [0.05, 0.1) is 6.04 Å². The van der Waals surface area contributed by atoms with Gasteiger partial charge in [-0.1, -0.05) is 18.2 Å². The topological polar surface area (TPSA) is 50.7 Å². The van der Waals surface area contributed by atoms with Crippen LogP contribution in [0.2, 0.25) is 0 Å². The minimum atomic E-state index is -0.283. The van der Waals surface area contributed by atoms with Crippen molar-refractivity contribution in [3.05, 3.63) is 0 Å². The summed E-state index contributed by atoms with van der Waals surface area (Å²) in [6.07, 6.45) is 6.97. The molecule has 0 radical (unpaired) electrons. The van der Waals surface area contributed by atoms with Gasteiger partial charge < -0.3 is 10.1 Å².